The fraction of sp³-hybridized carbons (Fsp3) is 0.346. The molecule has 3 heterocycles. The third-order valence-corrected chi connectivity index (χ3v) is 7.63. The first-order valence-corrected chi connectivity index (χ1v) is 12.4. The van der Waals surface area contributed by atoms with Gasteiger partial charge in [0.1, 0.15) is 5.75 Å². The Hall–Kier alpha value is -3.23. The van der Waals surface area contributed by atoms with Crippen LogP contribution in [0.3, 0.4) is 0 Å². The van der Waals surface area contributed by atoms with Crippen LogP contribution in [0, 0.1) is 6.92 Å². The number of hydrogen-bond acceptors (Lipinski definition) is 6. The van der Waals surface area contributed by atoms with E-state index in [2.05, 4.69) is 22.2 Å². The summed E-state index contributed by atoms with van der Waals surface area (Å²) in [5.74, 6) is -0.0635. The lowest BCUT2D eigenvalue weighted by atomic mass is 10.0. The quantitative estimate of drug-likeness (QED) is 0.584. The van der Waals surface area contributed by atoms with Gasteiger partial charge in [0, 0.05) is 42.1 Å². The van der Waals surface area contributed by atoms with Crippen molar-refractivity contribution < 1.29 is 14.7 Å². The van der Waals surface area contributed by atoms with Crippen LogP contribution in [-0.4, -0.2) is 51.8 Å². The number of carbonyl (C=O) groups is 2. The van der Waals surface area contributed by atoms with Crippen LogP contribution in [0.2, 0.25) is 0 Å². The smallest absolute Gasteiger partial charge is 0.257 e. The Bertz CT molecular complexity index is 1250. The molecule has 1 aromatic heterocycles. The van der Waals surface area contributed by atoms with Gasteiger partial charge in [0.25, 0.3) is 11.8 Å². The molecule has 34 heavy (non-hydrogen) atoms. The zero-order chi connectivity index (χ0) is 23.8. The Morgan fingerprint density at radius 2 is 2.00 bits per heavy atom. The molecule has 1 atom stereocenters. The van der Waals surface area contributed by atoms with Gasteiger partial charge in [-0.3, -0.25) is 14.9 Å². The Morgan fingerprint density at radius 3 is 2.82 bits per heavy atom. The molecule has 0 spiro atoms. The summed E-state index contributed by atoms with van der Waals surface area (Å²) in [7, 11) is 2.09. The van der Waals surface area contributed by atoms with E-state index < -0.39 is 0 Å². The molecule has 2 N–H and O–H groups in total. The number of nitrogens with one attached hydrogen (secondary N) is 1. The van der Waals surface area contributed by atoms with E-state index in [9.17, 15) is 14.7 Å². The highest BCUT2D eigenvalue weighted by molar-refractivity contribution is 7.15. The minimum absolute atomic E-state index is 0.0567. The molecule has 1 saturated heterocycles. The van der Waals surface area contributed by atoms with Gasteiger partial charge in [0.15, 0.2) is 5.13 Å². The van der Waals surface area contributed by atoms with E-state index in [1.807, 2.05) is 23.1 Å². The second-order valence-electron chi connectivity index (χ2n) is 9.11. The molecule has 7 nitrogen and oxygen atoms in total. The number of rotatable bonds is 4. The predicted molar refractivity (Wildman–Crippen MR) is 132 cm³/mol. The Balaban J connectivity index is 1.33. The molecule has 8 heteroatoms. The van der Waals surface area contributed by atoms with Gasteiger partial charge >= 0.3 is 0 Å². The number of fused-ring (bicyclic) bond motifs is 1. The number of carbonyl (C=O) groups excluding carboxylic acids is 2. The molecule has 176 valence electrons. The average Bonchev–Trinajstić information content (AvgIpc) is 3.47. The highest BCUT2D eigenvalue weighted by atomic mass is 32.1. The number of thiazole rings is 1. The van der Waals surface area contributed by atoms with Crippen LogP contribution in [0.5, 0.6) is 5.75 Å². The number of aromatic nitrogens is 1. The molecule has 2 aliphatic heterocycles. The minimum atomic E-state index is -0.189. The Kier molecular flexibility index (Phi) is 6.10. The van der Waals surface area contributed by atoms with Gasteiger partial charge in [0.2, 0.25) is 0 Å². The first kappa shape index (κ1) is 22.6. The van der Waals surface area contributed by atoms with E-state index in [4.69, 9.17) is 0 Å². The summed E-state index contributed by atoms with van der Waals surface area (Å²) in [5.41, 5.74) is 3.83. The molecule has 0 saturated carbocycles. The summed E-state index contributed by atoms with van der Waals surface area (Å²) in [4.78, 5) is 36.2. The van der Waals surface area contributed by atoms with Crippen LogP contribution in [0.15, 0.2) is 42.5 Å². The molecule has 0 bridgehead atoms. The monoisotopic (exact) mass is 476 g/mol. The number of likely N-dealkylation sites (tertiary alicyclic amines) is 1. The van der Waals surface area contributed by atoms with Gasteiger partial charge < -0.3 is 14.9 Å². The van der Waals surface area contributed by atoms with Gasteiger partial charge in [-0.25, -0.2) is 4.98 Å². The van der Waals surface area contributed by atoms with Crippen molar-refractivity contribution in [3.63, 3.8) is 0 Å². The Labute approximate surface area is 203 Å². The lowest BCUT2D eigenvalue weighted by Crippen LogP contribution is -2.30. The third-order valence-electron chi connectivity index (χ3n) is 6.63. The van der Waals surface area contributed by atoms with Crippen molar-refractivity contribution in [1.82, 2.24) is 14.8 Å². The number of hydrogen-bond donors (Lipinski definition) is 2. The number of aromatic hydroxyl groups is 1. The van der Waals surface area contributed by atoms with Crippen molar-refractivity contribution in [2.45, 2.75) is 38.8 Å². The van der Waals surface area contributed by atoms with Crippen LogP contribution in [0.1, 0.15) is 61.3 Å². The van der Waals surface area contributed by atoms with E-state index in [1.54, 1.807) is 42.5 Å². The van der Waals surface area contributed by atoms with E-state index in [0.717, 1.165) is 43.6 Å². The number of anilines is 1. The second kappa shape index (κ2) is 9.19. The molecular weight excluding hydrogens is 448 g/mol. The maximum absolute atomic E-state index is 13.2. The first-order valence-electron chi connectivity index (χ1n) is 11.6. The van der Waals surface area contributed by atoms with Crippen LogP contribution < -0.4 is 5.32 Å². The highest BCUT2D eigenvalue weighted by Crippen LogP contribution is 2.34. The van der Waals surface area contributed by atoms with Crippen molar-refractivity contribution >= 4 is 28.3 Å². The maximum Gasteiger partial charge on any atom is 0.257 e. The zero-order valence-corrected chi connectivity index (χ0v) is 20.2. The number of phenols is 1. The van der Waals surface area contributed by atoms with E-state index in [-0.39, 0.29) is 23.6 Å². The number of nitrogens with zero attached hydrogens (tertiary/aromatic N) is 3. The summed E-state index contributed by atoms with van der Waals surface area (Å²) in [6.45, 7) is 4.29. The lowest BCUT2D eigenvalue weighted by Gasteiger charge is -2.25. The topological polar surface area (TPSA) is 85.8 Å². The summed E-state index contributed by atoms with van der Waals surface area (Å²) < 4.78 is 0. The van der Waals surface area contributed by atoms with Gasteiger partial charge in [-0.1, -0.05) is 12.1 Å². The number of benzene rings is 2. The van der Waals surface area contributed by atoms with Crippen LogP contribution >= 0.6 is 11.3 Å². The molecule has 2 amide bonds. The second-order valence-corrected chi connectivity index (χ2v) is 10.2. The van der Waals surface area contributed by atoms with E-state index >= 15 is 0 Å². The van der Waals surface area contributed by atoms with Gasteiger partial charge in [0.05, 0.1) is 11.7 Å². The van der Waals surface area contributed by atoms with Crippen molar-refractivity contribution in [2.75, 3.05) is 25.5 Å². The number of amides is 2. The fourth-order valence-electron chi connectivity index (χ4n) is 4.74. The molecule has 5 rings (SSSR count). The molecule has 0 aliphatic carbocycles. The Morgan fingerprint density at radius 1 is 1.15 bits per heavy atom. The average molecular weight is 477 g/mol. The van der Waals surface area contributed by atoms with Gasteiger partial charge in [-0.15, -0.1) is 11.3 Å². The van der Waals surface area contributed by atoms with Crippen molar-refractivity contribution in [3.05, 3.63) is 75.3 Å². The molecule has 1 fully saturated rings. The van der Waals surface area contributed by atoms with Gasteiger partial charge in [-0.2, -0.15) is 0 Å². The van der Waals surface area contributed by atoms with Crippen molar-refractivity contribution in [3.8, 4) is 5.75 Å². The maximum atomic E-state index is 13.2. The summed E-state index contributed by atoms with van der Waals surface area (Å²) >= 11 is 1.54. The SMILES string of the molecule is Cc1cc(C(=O)N2CCC[C@@H]2c2cccc(C(=O)Nc3nc4c(s3)CN(C)CC4)c2)ccc1O. The lowest BCUT2D eigenvalue weighted by molar-refractivity contribution is 0.0735. The standard InChI is InChI=1S/C26H28N4O3S/c1-16-13-19(8-9-22(16)31)25(33)30-11-4-7-21(30)17-5-3-6-18(14-17)24(32)28-26-27-20-10-12-29(2)15-23(20)34-26/h3,5-6,8-9,13-14,21,31H,4,7,10-12,15H2,1-2H3,(H,27,28,32)/t21-/m1/s1. The van der Waals surface area contributed by atoms with Gasteiger partial charge in [-0.05, 0) is 68.3 Å². The number of phenolic OH excluding ortho intramolecular Hbond substituents is 1. The number of likely N-dealkylation sites (N-methyl/N-ethyl adjacent to an activating group) is 1. The highest BCUT2D eigenvalue weighted by Gasteiger charge is 2.31. The van der Waals surface area contributed by atoms with E-state index in [0.29, 0.717) is 28.4 Å². The summed E-state index contributed by atoms with van der Waals surface area (Å²) in [6, 6.07) is 12.4. The van der Waals surface area contributed by atoms with Crippen molar-refractivity contribution in [1.29, 1.82) is 0 Å². The third kappa shape index (κ3) is 4.43. The molecular formula is C26H28N4O3S. The fourth-order valence-corrected chi connectivity index (χ4v) is 5.83. The van der Waals surface area contributed by atoms with Crippen LogP contribution in [0.4, 0.5) is 5.13 Å². The normalized spacial score (nSPS) is 18.1. The minimum Gasteiger partial charge on any atom is -0.508 e. The molecule has 0 radical (unpaired) electrons. The van der Waals surface area contributed by atoms with Crippen LogP contribution in [-0.2, 0) is 13.0 Å². The first-order chi connectivity index (χ1) is 16.4. The summed E-state index contributed by atoms with van der Waals surface area (Å²) in [6.07, 6.45) is 2.66. The summed E-state index contributed by atoms with van der Waals surface area (Å²) in [5, 5.41) is 13.4. The number of aryl methyl sites for hydroxylation is 1. The predicted octanol–water partition coefficient (Wildman–Crippen LogP) is 4.37. The molecule has 2 aromatic carbocycles. The largest absolute Gasteiger partial charge is 0.508 e. The zero-order valence-electron chi connectivity index (χ0n) is 19.4. The molecule has 2 aliphatic rings. The van der Waals surface area contributed by atoms with Crippen molar-refractivity contribution in [2.24, 2.45) is 0 Å². The van der Waals surface area contributed by atoms with E-state index in [1.165, 1.54) is 4.88 Å². The molecule has 3 aromatic rings. The molecule has 0 unspecified atom stereocenters. The van der Waals surface area contributed by atoms with Crippen LogP contribution in [0.25, 0.3) is 0 Å².